The third-order valence-corrected chi connectivity index (χ3v) is 4.69. The van der Waals surface area contributed by atoms with Gasteiger partial charge in [-0.3, -0.25) is 9.59 Å². The molecule has 1 aliphatic heterocycles. The molecule has 1 saturated heterocycles. The second kappa shape index (κ2) is 6.83. The first-order valence-corrected chi connectivity index (χ1v) is 8.72. The monoisotopic (exact) mass is 367 g/mol. The highest BCUT2D eigenvalue weighted by molar-refractivity contribution is 5.98. The summed E-state index contributed by atoms with van der Waals surface area (Å²) in [7, 11) is 0. The molecule has 0 unspecified atom stereocenters. The number of oxazole rings is 1. The molecule has 3 aromatic rings. The highest BCUT2D eigenvalue weighted by Gasteiger charge is 2.25. The van der Waals surface area contributed by atoms with Crippen molar-refractivity contribution in [2.45, 2.75) is 6.92 Å². The topological polar surface area (TPSA) is 66.7 Å². The number of nitrogens with zero attached hydrogens (tertiary/aromatic N) is 3. The van der Waals surface area contributed by atoms with Crippen molar-refractivity contribution >= 4 is 22.9 Å². The standard InChI is InChI=1S/C20H18FN3O3/c1-13-22-17-12-15(4-7-18(17)27-13)20(26)24-10-8-23(9-11-24)19(25)14-2-5-16(21)6-3-14/h2-7,12H,8-11H2,1H3. The van der Waals surface area contributed by atoms with E-state index < -0.39 is 0 Å². The van der Waals surface area contributed by atoms with E-state index in [1.54, 1.807) is 34.9 Å². The van der Waals surface area contributed by atoms with Gasteiger partial charge in [-0.2, -0.15) is 0 Å². The number of carbonyl (C=O) groups is 2. The number of hydrogen-bond acceptors (Lipinski definition) is 4. The summed E-state index contributed by atoms with van der Waals surface area (Å²) in [5.41, 5.74) is 2.30. The predicted molar refractivity (Wildman–Crippen MR) is 97.0 cm³/mol. The molecule has 0 radical (unpaired) electrons. The van der Waals surface area contributed by atoms with Crippen LogP contribution in [-0.2, 0) is 0 Å². The number of aromatic nitrogens is 1. The molecule has 4 rings (SSSR count). The second-order valence-electron chi connectivity index (χ2n) is 6.51. The van der Waals surface area contributed by atoms with Crippen molar-refractivity contribution in [2.75, 3.05) is 26.2 Å². The van der Waals surface area contributed by atoms with Gasteiger partial charge < -0.3 is 14.2 Å². The molecular formula is C20H18FN3O3. The Morgan fingerprint density at radius 1 is 0.926 bits per heavy atom. The number of hydrogen-bond donors (Lipinski definition) is 0. The first kappa shape index (κ1) is 17.2. The van der Waals surface area contributed by atoms with E-state index in [1.807, 2.05) is 0 Å². The van der Waals surface area contributed by atoms with E-state index >= 15 is 0 Å². The molecule has 0 aliphatic carbocycles. The van der Waals surface area contributed by atoms with Crippen LogP contribution in [0.5, 0.6) is 0 Å². The van der Waals surface area contributed by atoms with Gasteiger partial charge in [-0.15, -0.1) is 0 Å². The van der Waals surface area contributed by atoms with E-state index in [4.69, 9.17) is 4.42 Å². The summed E-state index contributed by atoms with van der Waals surface area (Å²) >= 11 is 0. The van der Waals surface area contributed by atoms with Gasteiger partial charge in [0.05, 0.1) is 0 Å². The zero-order valence-electron chi connectivity index (χ0n) is 14.8. The van der Waals surface area contributed by atoms with Crippen LogP contribution < -0.4 is 0 Å². The lowest BCUT2D eigenvalue weighted by Crippen LogP contribution is -2.50. The average molecular weight is 367 g/mol. The van der Waals surface area contributed by atoms with Crippen molar-refractivity contribution in [3.63, 3.8) is 0 Å². The molecule has 0 saturated carbocycles. The zero-order valence-corrected chi connectivity index (χ0v) is 14.8. The summed E-state index contributed by atoms with van der Waals surface area (Å²) < 4.78 is 18.4. The number of rotatable bonds is 2. The number of halogens is 1. The largest absolute Gasteiger partial charge is 0.441 e. The van der Waals surface area contributed by atoms with Crippen molar-refractivity contribution < 1.29 is 18.4 Å². The Morgan fingerprint density at radius 3 is 2.11 bits per heavy atom. The van der Waals surface area contributed by atoms with Gasteiger partial charge in [0.1, 0.15) is 11.3 Å². The van der Waals surface area contributed by atoms with Gasteiger partial charge in [0, 0.05) is 44.2 Å². The van der Waals surface area contributed by atoms with Crippen LogP contribution in [0.4, 0.5) is 4.39 Å². The summed E-state index contributed by atoms with van der Waals surface area (Å²) in [6.07, 6.45) is 0. The number of aryl methyl sites for hydroxylation is 1. The number of carbonyl (C=O) groups excluding carboxylic acids is 2. The molecule has 7 heteroatoms. The predicted octanol–water partition coefficient (Wildman–Crippen LogP) is 2.87. The molecule has 1 aliphatic rings. The number of amides is 2. The lowest BCUT2D eigenvalue weighted by atomic mass is 10.1. The fourth-order valence-corrected chi connectivity index (χ4v) is 3.25. The van der Waals surface area contributed by atoms with Crippen LogP contribution in [0.15, 0.2) is 46.9 Å². The van der Waals surface area contributed by atoms with Crippen LogP contribution in [0.1, 0.15) is 26.6 Å². The molecule has 2 aromatic carbocycles. The molecular weight excluding hydrogens is 349 g/mol. The van der Waals surface area contributed by atoms with Crippen LogP contribution in [0.2, 0.25) is 0 Å². The van der Waals surface area contributed by atoms with Crippen molar-refractivity contribution in [3.05, 3.63) is 65.3 Å². The summed E-state index contributed by atoms with van der Waals surface area (Å²) in [6.45, 7) is 3.53. The van der Waals surface area contributed by atoms with Crippen LogP contribution in [0.25, 0.3) is 11.1 Å². The second-order valence-corrected chi connectivity index (χ2v) is 6.51. The van der Waals surface area contributed by atoms with Crippen LogP contribution in [0, 0.1) is 12.7 Å². The fourth-order valence-electron chi connectivity index (χ4n) is 3.25. The molecule has 0 N–H and O–H groups in total. The third kappa shape index (κ3) is 3.40. The molecule has 2 heterocycles. The molecule has 2 amide bonds. The van der Waals surface area contributed by atoms with Crippen LogP contribution in [-0.4, -0.2) is 52.8 Å². The van der Waals surface area contributed by atoms with E-state index in [0.717, 1.165) is 0 Å². The Hall–Kier alpha value is -3.22. The maximum absolute atomic E-state index is 13.0. The van der Waals surface area contributed by atoms with Crippen LogP contribution >= 0.6 is 0 Å². The quantitative estimate of drug-likeness (QED) is 0.699. The lowest BCUT2D eigenvalue weighted by molar-refractivity contribution is 0.0535. The molecule has 27 heavy (non-hydrogen) atoms. The van der Waals surface area contributed by atoms with Crippen molar-refractivity contribution in [2.24, 2.45) is 0 Å². The van der Waals surface area contributed by atoms with Crippen molar-refractivity contribution in [3.8, 4) is 0 Å². The summed E-state index contributed by atoms with van der Waals surface area (Å²) in [5.74, 6) is -0.0585. The third-order valence-electron chi connectivity index (χ3n) is 4.69. The zero-order chi connectivity index (χ0) is 19.0. The minimum absolute atomic E-state index is 0.0913. The van der Waals surface area contributed by atoms with E-state index in [-0.39, 0.29) is 17.6 Å². The molecule has 0 atom stereocenters. The van der Waals surface area contributed by atoms with Gasteiger partial charge in [-0.1, -0.05) is 0 Å². The lowest BCUT2D eigenvalue weighted by Gasteiger charge is -2.34. The van der Waals surface area contributed by atoms with Gasteiger partial charge >= 0.3 is 0 Å². The first-order valence-electron chi connectivity index (χ1n) is 8.72. The highest BCUT2D eigenvalue weighted by atomic mass is 19.1. The Bertz CT molecular complexity index is 1000. The molecule has 0 spiro atoms. The normalized spacial score (nSPS) is 14.6. The average Bonchev–Trinajstić information content (AvgIpc) is 3.07. The van der Waals surface area contributed by atoms with Gasteiger partial charge in [0.15, 0.2) is 11.5 Å². The Morgan fingerprint density at radius 2 is 1.48 bits per heavy atom. The Kier molecular flexibility index (Phi) is 4.35. The summed E-state index contributed by atoms with van der Waals surface area (Å²) in [4.78, 5) is 32.9. The summed E-state index contributed by atoms with van der Waals surface area (Å²) in [5, 5.41) is 0. The Labute approximate surface area is 155 Å². The minimum atomic E-state index is -0.374. The van der Waals surface area contributed by atoms with E-state index in [0.29, 0.717) is 54.3 Å². The SMILES string of the molecule is Cc1nc2cc(C(=O)N3CCN(C(=O)c4ccc(F)cc4)CC3)ccc2o1. The molecule has 1 fully saturated rings. The Balaban J connectivity index is 1.42. The first-order chi connectivity index (χ1) is 13.0. The van der Waals surface area contributed by atoms with Gasteiger partial charge in [0.2, 0.25) is 0 Å². The molecule has 0 bridgehead atoms. The maximum atomic E-state index is 13.0. The highest BCUT2D eigenvalue weighted by Crippen LogP contribution is 2.19. The van der Waals surface area contributed by atoms with E-state index in [2.05, 4.69) is 4.98 Å². The maximum Gasteiger partial charge on any atom is 0.254 e. The van der Waals surface area contributed by atoms with E-state index in [9.17, 15) is 14.0 Å². The smallest absolute Gasteiger partial charge is 0.254 e. The fraction of sp³-hybridized carbons (Fsp3) is 0.250. The number of piperazine rings is 1. The molecule has 6 nitrogen and oxygen atoms in total. The number of fused-ring (bicyclic) bond motifs is 1. The van der Waals surface area contributed by atoms with Gasteiger partial charge in [0.25, 0.3) is 11.8 Å². The van der Waals surface area contributed by atoms with Gasteiger partial charge in [-0.05, 0) is 42.5 Å². The van der Waals surface area contributed by atoms with Crippen molar-refractivity contribution in [1.82, 2.24) is 14.8 Å². The summed E-state index contributed by atoms with van der Waals surface area (Å²) in [6, 6.07) is 10.7. The van der Waals surface area contributed by atoms with E-state index in [1.165, 1.54) is 24.3 Å². The van der Waals surface area contributed by atoms with Gasteiger partial charge in [-0.25, -0.2) is 9.37 Å². The molecule has 138 valence electrons. The van der Waals surface area contributed by atoms with Crippen LogP contribution in [0.3, 0.4) is 0 Å². The minimum Gasteiger partial charge on any atom is -0.441 e. The molecule has 1 aromatic heterocycles. The number of benzene rings is 2. The van der Waals surface area contributed by atoms with Crippen molar-refractivity contribution in [1.29, 1.82) is 0 Å².